The number of rotatable bonds is 7. The third kappa shape index (κ3) is 6.60. The summed E-state index contributed by atoms with van der Waals surface area (Å²) in [5.74, 6) is 0.760. The van der Waals surface area contributed by atoms with Crippen LogP contribution in [0.5, 0.6) is 5.88 Å². The number of benzene rings is 1. The summed E-state index contributed by atoms with van der Waals surface area (Å²) in [6, 6.07) is 6.52. The van der Waals surface area contributed by atoms with Crippen LogP contribution in [0.2, 0.25) is 0 Å². The van der Waals surface area contributed by atoms with E-state index in [9.17, 15) is 9.18 Å². The molecule has 156 valence electrons. The van der Waals surface area contributed by atoms with Crippen molar-refractivity contribution in [2.45, 2.75) is 58.6 Å². The molecule has 0 unspecified atom stereocenters. The fourth-order valence-electron chi connectivity index (χ4n) is 3.65. The molecule has 1 aliphatic heterocycles. The van der Waals surface area contributed by atoms with Gasteiger partial charge < -0.3 is 4.74 Å². The predicted molar refractivity (Wildman–Crippen MR) is 110 cm³/mol. The Bertz CT molecular complexity index is 827. The smallest absolute Gasteiger partial charge is 0.237 e. The van der Waals surface area contributed by atoms with Gasteiger partial charge in [-0.3, -0.25) is 14.7 Å². The molecule has 1 aromatic carbocycles. The maximum Gasteiger partial charge on any atom is 0.237 e. The number of Topliss-reactive ketones (excluding diaryl/α,β-unsaturated/α-hetero) is 1. The Morgan fingerprint density at radius 1 is 1.17 bits per heavy atom. The van der Waals surface area contributed by atoms with Crippen LogP contribution < -0.4 is 4.74 Å². The molecule has 29 heavy (non-hydrogen) atoms. The van der Waals surface area contributed by atoms with Gasteiger partial charge in [0.15, 0.2) is 0 Å². The van der Waals surface area contributed by atoms with Gasteiger partial charge in [-0.05, 0) is 64.3 Å². The SMILES string of the molecule is CC(C)(C)Oc1nccnc1CN1CCC(CC(=O)Cc2ccccc2F)CC1. The van der Waals surface area contributed by atoms with E-state index in [0.717, 1.165) is 31.6 Å². The molecule has 0 aliphatic carbocycles. The Hall–Kier alpha value is -2.34. The fraction of sp³-hybridized carbons (Fsp3) is 0.522. The van der Waals surface area contributed by atoms with Crippen molar-refractivity contribution in [2.75, 3.05) is 13.1 Å². The lowest BCUT2D eigenvalue weighted by Gasteiger charge is -2.32. The van der Waals surface area contributed by atoms with Crippen LogP contribution in [-0.4, -0.2) is 39.3 Å². The third-order valence-corrected chi connectivity index (χ3v) is 5.08. The molecule has 1 aliphatic rings. The summed E-state index contributed by atoms with van der Waals surface area (Å²) in [6.45, 7) is 8.49. The molecule has 1 saturated heterocycles. The summed E-state index contributed by atoms with van der Waals surface area (Å²) in [7, 11) is 0. The second-order valence-electron chi connectivity index (χ2n) is 8.75. The zero-order valence-corrected chi connectivity index (χ0v) is 17.5. The molecule has 1 fully saturated rings. The Morgan fingerprint density at radius 3 is 2.55 bits per heavy atom. The lowest BCUT2D eigenvalue weighted by molar-refractivity contribution is -0.119. The van der Waals surface area contributed by atoms with E-state index in [1.807, 2.05) is 20.8 Å². The van der Waals surface area contributed by atoms with Crippen molar-refractivity contribution < 1.29 is 13.9 Å². The van der Waals surface area contributed by atoms with Crippen molar-refractivity contribution in [3.63, 3.8) is 0 Å². The Balaban J connectivity index is 1.49. The second kappa shape index (κ2) is 9.44. The van der Waals surface area contributed by atoms with Crippen LogP contribution in [-0.2, 0) is 17.8 Å². The van der Waals surface area contributed by atoms with Crippen molar-refractivity contribution in [3.05, 3.63) is 53.7 Å². The van der Waals surface area contributed by atoms with Crippen LogP contribution in [0.1, 0.15) is 51.3 Å². The van der Waals surface area contributed by atoms with Gasteiger partial charge >= 0.3 is 0 Å². The highest BCUT2D eigenvalue weighted by molar-refractivity contribution is 5.81. The molecule has 0 atom stereocenters. The van der Waals surface area contributed by atoms with Crippen LogP contribution in [0.4, 0.5) is 4.39 Å². The molecule has 3 rings (SSSR count). The summed E-state index contributed by atoms with van der Waals surface area (Å²) in [6.07, 6.45) is 5.96. The van der Waals surface area contributed by atoms with Gasteiger partial charge in [0.25, 0.3) is 0 Å². The van der Waals surface area contributed by atoms with E-state index in [0.29, 0.717) is 30.3 Å². The number of carbonyl (C=O) groups is 1. The maximum absolute atomic E-state index is 13.7. The van der Waals surface area contributed by atoms with Crippen LogP contribution in [0.15, 0.2) is 36.7 Å². The summed E-state index contributed by atoms with van der Waals surface area (Å²) in [4.78, 5) is 23.5. The van der Waals surface area contributed by atoms with E-state index in [2.05, 4.69) is 14.9 Å². The number of nitrogens with zero attached hydrogens (tertiary/aromatic N) is 3. The van der Waals surface area contributed by atoms with Crippen LogP contribution in [0.25, 0.3) is 0 Å². The van der Waals surface area contributed by atoms with Gasteiger partial charge in [-0.1, -0.05) is 18.2 Å². The van der Waals surface area contributed by atoms with Gasteiger partial charge in [-0.2, -0.15) is 0 Å². The number of ketones is 1. The molecule has 0 radical (unpaired) electrons. The van der Waals surface area contributed by atoms with E-state index in [4.69, 9.17) is 4.74 Å². The molecule has 2 heterocycles. The largest absolute Gasteiger partial charge is 0.471 e. The van der Waals surface area contributed by atoms with Crippen molar-refractivity contribution in [2.24, 2.45) is 5.92 Å². The minimum atomic E-state index is -0.323. The minimum absolute atomic E-state index is 0.114. The van der Waals surface area contributed by atoms with Gasteiger partial charge in [0.2, 0.25) is 5.88 Å². The molecule has 1 aromatic heterocycles. The van der Waals surface area contributed by atoms with E-state index < -0.39 is 0 Å². The summed E-state index contributed by atoms with van der Waals surface area (Å²) < 4.78 is 19.7. The van der Waals surface area contributed by atoms with Gasteiger partial charge in [-0.15, -0.1) is 0 Å². The first-order valence-corrected chi connectivity index (χ1v) is 10.3. The minimum Gasteiger partial charge on any atom is -0.471 e. The highest BCUT2D eigenvalue weighted by Gasteiger charge is 2.24. The van der Waals surface area contributed by atoms with Gasteiger partial charge in [-0.25, -0.2) is 9.37 Å². The number of hydrogen-bond acceptors (Lipinski definition) is 5. The Kier molecular flexibility index (Phi) is 6.96. The molecule has 5 nitrogen and oxygen atoms in total. The van der Waals surface area contributed by atoms with Gasteiger partial charge in [0, 0.05) is 31.8 Å². The van der Waals surface area contributed by atoms with Gasteiger partial charge in [0.05, 0.1) is 0 Å². The fourth-order valence-corrected chi connectivity index (χ4v) is 3.65. The molecule has 0 bridgehead atoms. The first kappa shape index (κ1) is 21.4. The van der Waals surface area contributed by atoms with Crippen LogP contribution >= 0.6 is 0 Å². The third-order valence-electron chi connectivity index (χ3n) is 5.08. The van der Waals surface area contributed by atoms with Crippen molar-refractivity contribution in [3.8, 4) is 5.88 Å². The number of carbonyl (C=O) groups excluding carboxylic acids is 1. The normalized spacial score (nSPS) is 16.0. The van der Waals surface area contributed by atoms with Crippen LogP contribution in [0.3, 0.4) is 0 Å². The van der Waals surface area contributed by atoms with Crippen molar-refractivity contribution in [1.29, 1.82) is 0 Å². The summed E-state index contributed by atoms with van der Waals surface area (Å²) in [5, 5.41) is 0. The maximum atomic E-state index is 13.7. The monoisotopic (exact) mass is 399 g/mol. The van der Waals surface area contributed by atoms with Crippen molar-refractivity contribution >= 4 is 5.78 Å². The Morgan fingerprint density at radius 2 is 1.86 bits per heavy atom. The highest BCUT2D eigenvalue weighted by Crippen LogP contribution is 2.25. The molecule has 0 amide bonds. The molecular weight excluding hydrogens is 369 g/mol. The van der Waals surface area contributed by atoms with E-state index in [1.54, 1.807) is 30.6 Å². The van der Waals surface area contributed by atoms with E-state index >= 15 is 0 Å². The lowest BCUT2D eigenvalue weighted by atomic mass is 9.90. The number of aromatic nitrogens is 2. The zero-order valence-electron chi connectivity index (χ0n) is 17.5. The molecule has 0 spiro atoms. The molecule has 0 saturated carbocycles. The summed E-state index contributed by atoms with van der Waals surface area (Å²) >= 11 is 0. The number of halogens is 1. The second-order valence-corrected chi connectivity index (χ2v) is 8.75. The molecular formula is C23H30FN3O2. The molecule has 0 N–H and O–H groups in total. The lowest BCUT2D eigenvalue weighted by Crippen LogP contribution is -2.35. The first-order valence-electron chi connectivity index (χ1n) is 10.3. The molecule has 2 aromatic rings. The van der Waals surface area contributed by atoms with Gasteiger partial charge in [0.1, 0.15) is 22.9 Å². The zero-order chi connectivity index (χ0) is 20.9. The van der Waals surface area contributed by atoms with Crippen LogP contribution in [0, 0.1) is 11.7 Å². The summed E-state index contributed by atoms with van der Waals surface area (Å²) in [5.41, 5.74) is 1.01. The van der Waals surface area contributed by atoms with Crippen molar-refractivity contribution in [1.82, 2.24) is 14.9 Å². The number of ether oxygens (including phenoxy) is 1. The Labute approximate surface area is 172 Å². The predicted octanol–water partition coefficient (Wildman–Crippen LogP) is 4.21. The van der Waals surface area contributed by atoms with E-state index in [1.165, 1.54) is 6.07 Å². The topological polar surface area (TPSA) is 55.3 Å². The van der Waals surface area contributed by atoms with E-state index in [-0.39, 0.29) is 23.6 Å². The number of hydrogen-bond donors (Lipinski definition) is 0. The average molecular weight is 400 g/mol. The molecule has 6 heteroatoms. The standard InChI is InChI=1S/C23H30FN3O2/c1-23(2,3)29-22-21(25-10-11-26-22)16-27-12-8-17(9-13-27)14-19(28)15-18-6-4-5-7-20(18)24/h4-7,10-11,17H,8-9,12-16H2,1-3H3. The highest BCUT2D eigenvalue weighted by atomic mass is 19.1. The first-order chi connectivity index (χ1) is 13.8. The number of piperidine rings is 1. The quantitative estimate of drug-likeness (QED) is 0.698. The average Bonchev–Trinajstić information content (AvgIpc) is 2.66. The number of likely N-dealkylation sites (tertiary alicyclic amines) is 1.